The predicted molar refractivity (Wildman–Crippen MR) is 52.7 cm³/mol. The number of hydrogen-bond donors (Lipinski definition) is 1. The van der Waals surface area contributed by atoms with Crippen LogP contribution in [-0.2, 0) is 9.47 Å². The van der Waals surface area contributed by atoms with Crippen molar-refractivity contribution in [1.82, 2.24) is 0 Å². The van der Waals surface area contributed by atoms with Crippen molar-refractivity contribution in [2.45, 2.75) is 50.9 Å². The van der Waals surface area contributed by atoms with Gasteiger partial charge in [-0.15, -0.1) is 0 Å². The highest BCUT2D eigenvalue weighted by atomic mass is 16.6. The monoisotopic (exact) mass is 187 g/mol. The summed E-state index contributed by atoms with van der Waals surface area (Å²) in [5, 5.41) is 0. The molecule has 0 amide bonds. The Morgan fingerprint density at radius 1 is 1.31 bits per heavy atom. The molecule has 0 aromatic carbocycles. The van der Waals surface area contributed by atoms with Crippen molar-refractivity contribution in [2.75, 3.05) is 13.7 Å². The average Bonchev–Trinajstić information content (AvgIpc) is 2.15. The van der Waals surface area contributed by atoms with Crippen LogP contribution in [0.2, 0.25) is 0 Å². The number of rotatable bonds is 2. The Balaban J connectivity index is 2.98. The first-order valence-corrected chi connectivity index (χ1v) is 4.74. The Kier molecular flexibility index (Phi) is 2.48. The zero-order valence-electron chi connectivity index (χ0n) is 9.31. The third kappa shape index (κ3) is 1.60. The maximum absolute atomic E-state index is 5.93. The maximum Gasteiger partial charge on any atom is 0.111 e. The highest BCUT2D eigenvalue weighted by Crippen LogP contribution is 2.46. The summed E-state index contributed by atoms with van der Waals surface area (Å²) in [6, 6.07) is 0. The maximum atomic E-state index is 5.93. The molecule has 2 N–H and O–H groups in total. The molecule has 1 heterocycles. The lowest BCUT2D eigenvalue weighted by Gasteiger charge is -2.37. The van der Waals surface area contributed by atoms with Gasteiger partial charge in [-0.1, -0.05) is 0 Å². The summed E-state index contributed by atoms with van der Waals surface area (Å²) in [7, 11) is 1.71. The van der Waals surface area contributed by atoms with Crippen molar-refractivity contribution in [3.8, 4) is 0 Å². The molecule has 0 bridgehead atoms. The van der Waals surface area contributed by atoms with E-state index >= 15 is 0 Å². The van der Waals surface area contributed by atoms with E-state index in [9.17, 15) is 0 Å². The standard InChI is InChI=1S/C10H21NO2/c1-8(2)6-10(7-11,12-5)9(3,4)13-8/h6-7,11H2,1-5H3. The Labute approximate surface area is 80.6 Å². The van der Waals surface area contributed by atoms with Crippen molar-refractivity contribution in [1.29, 1.82) is 0 Å². The lowest BCUT2D eigenvalue weighted by atomic mass is 9.82. The predicted octanol–water partition coefficient (Wildman–Crippen LogP) is 1.31. The molecule has 13 heavy (non-hydrogen) atoms. The van der Waals surface area contributed by atoms with Crippen LogP contribution in [0.5, 0.6) is 0 Å². The first-order valence-electron chi connectivity index (χ1n) is 4.74. The molecule has 1 atom stereocenters. The normalized spacial score (nSPS) is 36.5. The van der Waals surface area contributed by atoms with Gasteiger partial charge in [0.05, 0.1) is 11.2 Å². The molecule has 1 aliphatic heterocycles. The molecule has 1 saturated heterocycles. The van der Waals surface area contributed by atoms with E-state index in [0.29, 0.717) is 6.54 Å². The van der Waals surface area contributed by atoms with Gasteiger partial charge < -0.3 is 15.2 Å². The molecule has 1 unspecified atom stereocenters. The van der Waals surface area contributed by atoms with Gasteiger partial charge in [-0.25, -0.2) is 0 Å². The van der Waals surface area contributed by atoms with Crippen LogP contribution < -0.4 is 5.73 Å². The number of ether oxygens (including phenoxy) is 2. The van der Waals surface area contributed by atoms with Crippen LogP contribution in [0.4, 0.5) is 0 Å². The second-order valence-corrected chi connectivity index (χ2v) is 4.95. The molecule has 1 fully saturated rings. The minimum atomic E-state index is -0.337. The van der Waals surface area contributed by atoms with E-state index in [0.717, 1.165) is 6.42 Å². The SMILES string of the molecule is COC1(CN)CC(C)(C)OC1(C)C. The summed E-state index contributed by atoms with van der Waals surface area (Å²) in [5.41, 5.74) is 4.99. The second-order valence-electron chi connectivity index (χ2n) is 4.95. The average molecular weight is 187 g/mol. The van der Waals surface area contributed by atoms with Gasteiger partial charge in [0.2, 0.25) is 0 Å². The quantitative estimate of drug-likeness (QED) is 0.709. The smallest absolute Gasteiger partial charge is 0.111 e. The Hall–Kier alpha value is -0.120. The van der Waals surface area contributed by atoms with E-state index in [4.69, 9.17) is 15.2 Å². The van der Waals surface area contributed by atoms with E-state index in [1.807, 2.05) is 13.8 Å². The highest BCUT2D eigenvalue weighted by Gasteiger charge is 2.56. The van der Waals surface area contributed by atoms with E-state index in [2.05, 4.69) is 13.8 Å². The van der Waals surface area contributed by atoms with Crippen molar-refractivity contribution in [3.05, 3.63) is 0 Å². The fraction of sp³-hybridized carbons (Fsp3) is 1.00. The molecule has 0 aromatic heterocycles. The highest BCUT2D eigenvalue weighted by molar-refractivity contribution is 5.07. The molecule has 0 aromatic rings. The molecular weight excluding hydrogens is 166 g/mol. The van der Waals surface area contributed by atoms with Gasteiger partial charge in [-0.3, -0.25) is 0 Å². The molecule has 0 saturated carbocycles. The number of hydrogen-bond acceptors (Lipinski definition) is 3. The lowest BCUT2D eigenvalue weighted by molar-refractivity contribution is -0.135. The van der Waals surface area contributed by atoms with Crippen LogP contribution in [0, 0.1) is 0 Å². The summed E-state index contributed by atoms with van der Waals surface area (Å²) >= 11 is 0. The minimum Gasteiger partial charge on any atom is -0.374 e. The van der Waals surface area contributed by atoms with Crippen molar-refractivity contribution in [2.24, 2.45) is 5.73 Å². The van der Waals surface area contributed by atoms with E-state index in [1.54, 1.807) is 7.11 Å². The van der Waals surface area contributed by atoms with Crippen LogP contribution in [0.25, 0.3) is 0 Å². The summed E-state index contributed by atoms with van der Waals surface area (Å²) in [6.07, 6.45) is 0.847. The zero-order valence-corrected chi connectivity index (χ0v) is 9.31. The molecular formula is C10H21NO2. The Bertz CT molecular complexity index is 195. The minimum absolute atomic E-state index is 0.140. The van der Waals surface area contributed by atoms with Crippen molar-refractivity contribution in [3.63, 3.8) is 0 Å². The first kappa shape index (κ1) is 11.0. The van der Waals surface area contributed by atoms with Crippen LogP contribution in [0.15, 0.2) is 0 Å². The van der Waals surface area contributed by atoms with Crippen molar-refractivity contribution >= 4 is 0 Å². The molecule has 78 valence electrons. The molecule has 0 radical (unpaired) electrons. The molecule has 3 heteroatoms. The van der Waals surface area contributed by atoms with Gasteiger partial charge in [0, 0.05) is 20.1 Å². The summed E-state index contributed by atoms with van der Waals surface area (Å²) in [6.45, 7) is 8.73. The molecule has 1 aliphatic rings. The van der Waals surface area contributed by atoms with E-state index < -0.39 is 0 Å². The number of nitrogens with two attached hydrogens (primary N) is 1. The topological polar surface area (TPSA) is 44.5 Å². The molecule has 0 aliphatic carbocycles. The van der Waals surface area contributed by atoms with Crippen LogP contribution in [0.1, 0.15) is 34.1 Å². The summed E-state index contributed by atoms with van der Waals surface area (Å²) in [5.74, 6) is 0. The van der Waals surface area contributed by atoms with Gasteiger partial charge in [0.1, 0.15) is 5.60 Å². The van der Waals surface area contributed by atoms with E-state index in [-0.39, 0.29) is 16.8 Å². The third-order valence-electron chi connectivity index (χ3n) is 3.06. The van der Waals surface area contributed by atoms with Gasteiger partial charge in [0.15, 0.2) is 0 Å². The number of methoxy groups -OCH3 is 1. The second kappa shape index (κ2) is 2.94. The van der Waals surface area contributed by atoms with Crippen LogP contribution >= 0.6 is 0 Å². The van der Waals surface area contributed by atoms with E-state index in [1.165, 1.54) is 0 Å². The summed E-state index contributed by atoms with van der Waals surface area (Å²) < 4.78 is 11.5. The van der Waals surface area contributed by atoms with Gasteiger partial charge in [-0.2, -0.15) is 0 Å². The zero-order chi connectivity index (χ0) is 10.3. The van der Waals surface area contributed by atoms with Crippen molar-refractivity contribution < 1.29 is 9.47 Å². The first-order chi connectivity index (χ1) is 5.79. The lowest BCUT2D eigenvalue weighted by Crippen LogP contribution is -2.53. The fourth-order valence-electron chi connectivity index (χ4n) is 2.44. The van der Waals surface area contributed by atoms with Crippen LogP contribution in [0.3, 0.4) is 0 Å². The molecule has 1 rings (SSSR count). The van der Waals surface area contributed by atoms with Crippen LogP contribution in [-0.4, -0.2) is 30.5 Å². The van der Waals surface area contributed by atoms with Gasteiger partial charge in [0.25, 0.3) is 0 Å². The largest absolute Gasteiger partial charge is 0.374 e. The third-order valence-corrected chi connectivity index (χ3v) is 3.06. The van der Waals surface area contributed by atoms with Gasteiger partial charge >= 0.3 is 0 Å². The van der Waals surface area contributed by atoms with Gasteiger partial charge in [-0.05, 0) is 27.7 Å². The molecule has 3 nitrogen and oxygen atoms in total. The fourth-order valence-corrected chi connectivity index (χ4v) is 2.44. The Morgan fingerprint density at radius 3 is 2.00 bits per heavy atom. The summed E-state index contributed by atoms with van der Waals surface area (Å²) in [4.78, 5) is 0. The molecule has 0 spiro atoms. The Morgan fingerprint density at radius 2 is 1.85 bits per heavy atom.